The molecule has 4 rings (SSSR count). The standard InChI is InChI=1S/C23H19NO5/c1-26-23(25)21(12-20-11-17-10-15(13-24)2-7-22(17)29-20)16-3-5-18(6-4-16)28-19-8-9-27-14-19/h2-7,10-12,19H,8-9,14H2,1H3/b21-12+. The van der Waals surface area contributed by atoms with Gasteiger partial charge in [-0.3, -0.25) is 0 Å². The lowest BCUT2D eigenvalue weighted by Crippen LogP contribution is -2.15. The normalized spacial score (nSPS) is 16.6. The van der Waals surface area contributed by atoms with Crippen molar-refractivity contribution < 1.29 is 23.4 Å². The Morgan fingerprint density at radius 3 is 2.72 bits per heavy atom. The van der Waals surface area contributed by atoms with Crippen molar-refractivity contribution in [2.24, 2.45) is 0 Å². The molecular weight excluding hydrogens is 370 g/mol. The number of carbonyl (C=O) groups excluding carboxylic acids is 1. The van der Waals surface area contributed by atoms with E-state index in [4.69, 9.17) is 23.9 Å². The lowest BCUT2D eigenvalue weighted by molar-refractivity contribution is -0.133. The molecule has 0 amide bonds. The molecule has 2 heterocycles. The number of nitriles is 1. The van der Waals surface area contributed by atoms with Crippen molar-refractivity contribution in [2.75, 3.05) is 20.3 Å². The minimum absolute atomic E-state index is 0.0605. The summed E-state index contributed by atoms with van der Waals surface area (Å²) in [7, 11) is 1.34. The Bertz CT molecular complexity index is 1100. The number of furan rings is 1. The monoisotopic (exact) mass is 389 g/mol. The molecular formula is C23H19NO5. The van der Waals surface area contributed by atoms with E-state index >= 15 is 0 Å². The zero-order valence-corrected chi connectivity index (χ0v) is 15.9. The highest BCUT2D eigenvalue weighted by atomic mass is 16.5. The summed E-state index contributed by atoms with van der Waals surface area (Å²) in [6, 6.07) is 16.3. The zero-order valence-electron chi connectivity index (χ0n) is 15.9. The second-order valence-electron chi connectivity index (χ2n) is 6.69. The van der Waals surface area contributed by atoms with Crippen molar-refractivity contribution in [1.29, 1.82) is 5.26 Å². The van der Waals surface area contributed by atoms with Gasteiger partial charge < -0.3 is 18.6 Å². The molecule has 0 N–H and O–H groups in total. The van der Waals surface area contributed by atoms with Crippen LogP contribution in [0.3, 0.4) is 0 Å². The summed E-state index contributed by atoms with van der Waals surface area (Å²) in [6.45, 7) is 1.31. The molecule has 0 bridgehead atoms. The van der Waals surface area contributed by atoms with Crippen LogP contribution < -0.4 is 4.74 Å². The van der Waals surface area contributed by atoms with Gasteiger partial charge in [-0.05, 0) is 48.0 Å². The summed E-state index contributed by atoms with van der Waals surface area (Å²) >= 11 is 0. The van der Waals surface area contributed by atoms with Crippen LogP contribution >= 0.6 is 0 Å². The van der Waals surface area contributed by atoms with Crippen LogP contribution in [0.1, 0.15) is 23.3 Å². The van der Waals surface area contributed by atoms with Gasteiger partial charge in [0.25, 0.3) is 0 Å². The molecule has 2 aromatic carbocycles. The number of fused-ring (bicyclic) bond motifs is 1. The van der Waals surface area contributed by atoms with E-state index in [2.05, 4.69) is 6.07 Å². The fraction of sp³-hybridized carbons (Fsp3) is 0.217. The number of methoxy groups -OCH3 is 1. The van der Waals surface area contributed by atoms with Gasteiger partial charge in [0.2, 0.25) is 0 Å². The molecule has 0 radical (unpaired) electrons. The first kappa shape index (κ1) is 18.8. The van der Waals surface area contributed by atoms with Crippen molar-refractivity contribution in [3.8, 4) is 11.8 Å². The molecule has 1 aliphatic rings. The molecule has 146 valence electrons. The van der Waals surface area contributed by atoms with E-state index in [0.29, 0.717) is 41.3 Å². The lowest BCUT2D eigenvalue weighted by atomic mass is 10.0. The molecule has 1 aliphatic heterocycles. The SMILES string of the molecule is COC(=O)/C(=C/c1cc2cc(C#N)ccc2o1)c1ccc(OC2CCOC2)cc1. The second-order valence-corrected chi connectivity index (χ2v) is 6.69. The van der Waals surface area contributed by atoms with E-state index < -0.39 is 5.97 Å². The van der Waals surface area contributed by atoms with Crippen LogP contribution in [0, 0.1) is 11.3 Å². The van der Waals surface area contributed by atoms with Gasteiger partial charge in [0.05, 0.1) is 37.5 Å². The summed E-state index contributed by atoms with van der Waals surface area (Å²) in [5, 5.41) is 9.84. The molecule has 1 unspecified atom stereocenters. The Morgan fingerprint density at radius 1 is 1.21 bits per heavy atom. The quantitative estimate of drug-likeness (QED) is 0.481. The summed E-state index contributed by atoms with van der Waals surface area (Å²) in [6.07, 6.45) is 2.57. The number of rotatable bonds is 5. The predicted molar refractivity (Wildman–Crippen MR) is 107 cm³/mol. The van der Waals surface area contributed by atoms with Crippen LogP contribution in [-0.2, 0) is 14.3 Å². The second kappa shape index (κ2) is 8.21. The molecule has 1 atom stereocenters. The molecule has 1 saturated heterocycles. The van der Waals surface area contributed by atoms with Crippen LogP contribution in [-0.4, -0.2) is 32.4 Å². The van der Waals surface area contributed by atoms with Crippen LogP contribution in [0.15, 0.2) is 52.9 Å². The summed E-state index contributed by atoms with van der Waals surface area (Å²) in [4.78, 5) is 12.4. The lowest BCUT2D eigenvalue weighted by Gasteiger charge is -2.12. The molecule has 29 heavy (non-hydrogen) atoms. The molecule has 0 spiro atoms. The predicted octanol–water partition coefficient (Wildman–Crippen LogP) is 4.19. The van der Waals surface area contributed by atoms with Crippen molar-refractivity contribution >= 4 is 28.6 Å². The highest BCUT2D eigenvalue weighted by Gasteiger charge is 2.18. The highest BCUT2D eigenvalue weighted by molar-refractivity contribution is 6.21. The Balaban J connectivity index is 1.63. The van der Waals surface area contributed by atoms with Gasteiger partial charge in [-0.25, -0.2) is 4.79 Å². The summed E-state index contributed by atoms with van der Waals surface area (Å²) in [5.41, 5.74) is 2.24. The summed E-state index contributed by atoms with van der Waals surface area (Å²) in [5.74, 6) is 0.751. The Kier molecular flexibility index (Phi) is 5.32. The number of esters is 1. The number of carbonyl (C=O) groups is 1. The Labute approximate surface area is 167 Å². The number of ether oxygens (including phenoxy) is 3. The third-order valence-corrected chi connectivity index (χ3v) is 4.71. The van der Waals surface area contributed by atoms with Gasteiger partial charge in [0, 0.05) is 11.8 Å². The Morgan fingerprint density at radius 2 is 2.03 bits per heavy atom. The molecule has 6 nitrogen and oxygen atoms in total. The molecule has 6 heteroatoms. The van der Waals surface area contributed by atoms with Gasteiger partial charge in [0.1, 0.15) is 23.2 Å². The van der Waals surface area contributed by atoms with E-state index in [1.165, 1.54) is 7.11 Å². The van der Waals surface area contributed by atoms with Crippen molar-refractivity contribution in [3.05, 3.63) is 65.4 Å². The fourth-order valence-electron chi connectivity index (χ4n) is 3.23. The average molecular weight is 389 g/mol. The van der Waals surface area contributed by atoms with Gasteiger partial charge in [-0.15, -0.1) is 0 Å². The first-order valence-electron chi connectivity index (χ1n) is 9.25. The number of hydrogen-bond donors (Lipinski definition) is 0. The smallest absolute Gasteiger partial charge is 0.338 e. The van der Waals surface area contributed by atoms with Gasteiger partial charge in [-0.2, -0.15) is 5.26 Å². The largest absolute Gasteiger partial charge is 0.488 e. The van der Waals surface area contributed by atoms with E-state index in [0.717, 1.165) is 17.6 Å². The van der Waals surface area contributed by atoms with Gasteiger partial charge in [-0.1, -0.05) is 12.1 Å². The number of nitrogens with zero attached hydrogens (tertiary/aromatic N) is 1. The van der Waals surface area contributed by atoms with Gasteiger partial charge in [0.15, 0.2) is 0 Å². The first-order chi connectivity index (χ1) is 14.2. The molecule has 0 saturated carbocycles. The topological polar surface area (TPSA) is 81.7 Å². The highest BCUT2D eigenvalue weighted by Crippen LogP contribution is 2.27. The van der Waals surface area contributed by atoms with Crippen molar-refractivity contribution in [1.82, 2.24) is 0 Å². The summed E-state index contributed by atoms with van der Waals surface area (Å²) < 4.78 is 21.9. The van der Waals surface area contributed by atoms with Crippen molar-refractivity contribution in [2.45, 2.75) is 12.5 Å². The van der Waals surface area contributed by atoms with Crippen LogP contribution in [0.2, 0.25) is 0 Å². The van der Waals surface area contributed by atoms with E-state index in [-0.39, 0.29) is 6.10 Å². The van der Waals surface area contributed by atoms with Crippen LogP contribution in [0.5, 0.6) is 5.75 Å². The third-order valence-electron chi connectivity index (χ3n) is 4.71. The molecule has 3 aromatic rings. The van der Waals surface area contributed by atoms with E-state index in [1.807, 2.05) is 24.3 Å². The van der Waals surface area contributed by atoms with Crippen LogP contribution in [0.4, 0.5) is 0 Å². The Hall–Kier alpha value is -3.56. The molecule has 1 fully saturated rings. The first-order valence-corrected chi connectivity index (χ1v) is 9.25. The minimum Gasteiger partial charge on any atom is -0.488 e. The maximum atomic E-state index is 12.4. The van der Waals surface area contributed by atoms with E-state index in [9.17, 15) is 4.79 Å². The molecule has 0 aliphatic carbocycles. The number of hydrogen-bond acceptors (Lipinski definition) is 6. The van der Waals surface area contributed by atoms with Crippen LogP contribution in [0.25, 0.3) is 22.6 Å². The average Bonchev–Trinajstić information content (AvgIpc) is 3.40. The van der Waals surface area contributed by atoms with Crippen molar-refractivity contribution in [3.63, 3.8) is 0 Å². The van der Waals surface area contributed by atoms with E-state index in [1.54, 1.807) is 30.3 Å². The fourth-order valence-corrected chi connectivity index (χ4v) is 3.23. The minimum atomic E-state index is -0.471. The maximum absolute atomic E-state index is 12.4. The maximum Gasteiger partial charge on any atom is 0.338 e. The van der Waals surface area contributed by atoms with Gasteiger partial charge >= 0.3 is 5.97 Å². The number of benzene rings is 2. The third kappa shape index (κ3) is 4.15. The zero-order chi connectivity index (χ0) is 20.2. The molecule has 1 aromatic heterocycles.